The Bertz CT molecular complexity index is 435. The molecule has 0 spiro atoms. The first-order valence-corrected chi connectivity index (χ1v) is 12.7. The van der Waals surface area contributed by atoms with Crippen LogP contribution in [0.3, 0.4) is 0 Å². The van der Waals surface area contributed by atoms with Crippen molar-refractivity contribution in [2.24, 2.45) is 0 Å². The van der Waals surface area contributed by atoms with Gasteiger partial charge in [-0.1, -0.05) is 44.9 Å². The van der Waals surface area contributed by atoms with Gasteiger partial charge in [0.15, 0.2) is 0 Å². The zero-order valence-corrected chi connectivity index (χ0v) is 20.8. The summed E-state index contributed by atoms with van der Waals surface area (Å²) in [6.45, 7) is 6.06. The normalized spacial score (nSPS) is 11.1. The minimum atomic E-state index is -1.69. The van der Waals surface area contributed by atoms with Crippen molar-refractivity contribution in [3.05, 3.63) is 0 Å². The van der Waals surface area contributed by atoms with E-state index in [9.17, 15) is 9.59 Å². The van der Waals surface area contributed by atoms with Gasteiger partial charge in [-0.15, -0.1) is 0 Å². The Balaban J connectivity index is 3.03. The number of nitrogens with one attached hydrogen (secondary N) is 3. The van der Waals surface area contributed by atoms with Crippen molar-refractivity contribution >= 4 is 12.1 Å². The third-order valence-corrected chi connectivity index (χ3v) is 5.02. The lowest BCUT2D eigenvalue weighted by Crippen LogP contribution is -2.33. The molecule has 0 saturated heterocycles. The third kappa shape index (κ3) is 32.4. The van der Waals surface area contributed by atoms with E-state index in [0.717, 1.165) is 77.8 Å². The van der Waals surface area contributed by atoms with Crippen LogP contribution in [0, 0.1) is 0 Å². The summed E-state index contributed by atoms with van der Waals surface area (Å²) in [6, 6.07) is 0. The van der Waals surface area contributed by atoms with E-state index in [0.29, 0.717) is 6.42 Å². The fourth-order valence-electron chi connectivity index (χ4n) is 3.20. The Hall–Kier alpha value is -1.58. The number of carbonyl (C=O) groups is 2. The molecule has 0 fully saturated rings. The molecular formula is C22H45N3O10. The SMILES string of the molecule is O=C(O)CCCCCCCCCCCNCCNCCNCCCCCOOOOOOC(=O)O. The van der Waals surface area contributed by atoms with Crippen LogP contribution in [-0.2, 0) is 34.7 Å². The van der Waals surface area contributed by atoms with Crippen molar-refractivity contribution in [2.45, 2.75) is 83.5 Å². The molecule has 5 N–H and O–H groups in total. The summed E-state index contributed by atoms with van der Waals surface area (Å²) in [7, 11) is 0. The van der Waals surface area contributed by atoms with Gasteiger partial charge in [-0.2, -0.15) is 0 Å². The maximum absolute atomic E-state index is 10.4. The van der Waals surface area contributed by atoms with Gasteiger partial charge < -0.3 is 26.2 Å². The van der Waals surface area contributed by atoms with Crippen molar-refractivity contribution in [1.29, 1.82) is 0 Å². The molecule has 0 rings (SSSR count). The first-order valence-electron chi connectivity index (χ1n) is 12.7. The van der Waals surface area contributed by atoms with E-state index < -0.39 is 12.1 Å². The Morgan fingerprint density at radius 1 is 0.514 bits per heavy atom. The molecule has 13 nitrogen and oxygen atoms in total. The highest BCUT2D eigenvalue weighted by molar-refractivity contribution is 5.66. The summed E-state index contributed by atoms with van der Waals surface area (Å²) >= 11 is 0. The quantitative estimate of drug-likeness (QED) is 0.0564. The summed E-state index contributed by atoms with van der Waals surface area (Å²) in [5.74, 6) is -0.686. The lowest BCUT2D eigenvalue weighted by Gasteiger charge is -2.08. The van der Waals surface area contributed by atoms with Gasteiger partial charge in [0.2, 0.25) is 0 Å². The van der Waals surface area contributed by atoms with Crippen molar-refractivity contribution in [3.63, 3.8) is 0 Å². The lowest BCUT2D eigenvalue weighted by atomic mass is 10.1. The Kier molecular flexibility index (Phi) is 27.4. The predicted molar refractivity (Wildman–Crippen MR) is 126 cm³/mol. The van der Waals surface area contributed by atoms with E-state index in [1.807, 2.05) is 0 Å². The topological polar surface area (TPSA) is 166 Å². The molecule has 0 amide bonds. The van der Waals surface area contributed by atoms with Crippen LogP contribution in [0.5, 0.6) is 0 Å². The second-order valence-electron chi connectivity index (χ2n) is 8.08. The van der Waals surface area contributed by atoms with Crippen molar-refractivity contribution in [1.82, 2.24) is 16.0 Å². The summed E-state index contributed by atoms with van der Waals surface area (Å²) in [6.07, 6.45) is 11.9. The Labute approximate surface area is 207 Å². The molecule has 0 aliphatic carbocycles. The molecule has 0 aromatic rings. The van der Waals surface area contributed by atoms with E-state index in [1.54, 1.807) is 0 Å². The van der Waals surface area contributed by atoms with E-state index >= 15 is 0 Å². The molecule has 0 heterocycles. The lowest BCUT2D eigenvalue weighted by molar-refractivity contribution is -0.749. The molecule has 0 bridgehead atoms. The van der Waals surface area contributed by atoms with Crippen LogP contribution < -0.4 is 16.0 Å². The van der Waals surface area contributed by atoms with Crippen molar-refractivity contribution in [2.75, 3.05) is 45.9 Å². The molecule has 0 atom stereocenters. The minimum Gasteiger partial charge on any atom is -0.481 e. The highest BCUT2D eigenvalue weighted by Gasteiger charge is 2.00. The molecule has 0 aromatic heterocycles. The molecule has 0 aliphatic heterocycles. The van der Waals surface area contributed by atoms with Crippen LogP contribution in [0.25, 0.3) is 0 Å². The summed E-state index contributed by atoms with van der Waals surface area (Å²) in [4.78, 5) is 28.4. The van der Waals surface area contributed by atoms with Gasteiger partial charge in [0.25, 0.3) is 0 Å². The molecule has 0 radical (unpaired) electrons. The first kappa shape index (κ1) is 33.4. The first-order chi connectivity index (χ1) is 17.1. The van der Waals surface area contributed by atoms with E-state index in [1.165, 1.54) is 38.5 Å². The standard InChI is InChI=1S/C22H45N3O10/c26-21(27)13-9-6-4-2-1-3-5-7-10-14-23-16-18-25-19-17-24-15-11-8-12-20-30-32-34-35-33-31-22(28)29/h23-25H,1-20H2,(H,26,27)(H,28,29). The van der Waals surface area contributed by atoms with Crippen LogP contribution in [0.1, 0.15) is 83.5 Å². The van der Waals surface area contributed by atoms with Crippen molar-refractivity contribution < 1.29 is 49.7 Å². The number of aliphatic carboxylic acids is 1. The molecule has 35 heavy (non-hydrogen) atoms. The second kappa shape index (κ2) is 28.7. The fourth-order valence-corrected chi connectivity index (χ4v) is 3.20. The van der Waals surface area contributed by atoms with E-state index in [2.05, 4.69) is 45.9 Å². The van der Waals surface area contributed by atoms with Gasteiger partial charge in [0, 0.05) is 42.7 Å². The zero-order chi connectivity index (χ0) is 25.7. The monoisotopic (exact) mass is 511 g/mol. The summed E-state index contributed by atoms with van der Waals surface area (Å²) < 4.78 is 0. The highest BCUT2D eigenvalue weighted by Crippen LogP contribution is 2.10. The van der Waals surface area contributed by atoms with Gasteiger partial charge in [-0.3, -0.25) is 4.79 Å². The number of unbranched alkanes of at least 4 members (excludes halogenated alkanes) is 10. The number of hydrogen-bond donors (Lipinski definition) is 5. The van der Waals surface area contributed by atoms with Gasteiger partial charge >= 0.3 is 12.1 Å². The smallest absolute Gasteiger partial charge is 0.481 e. The van der Waals surface area contributed by atoms with Crippen LogP contribution in [0.4, 0.5) is 4.79 Å². The minimum absolute atomic E-state index is 0.287. The van der Waals surface area contributed by atoms with Gasteiger partial charge in [0.05, 0.1) is 6.61 Å². The fraction of sp³-hybridized carbons (Fsp3) is 0.909. The molecule has 0 aromatic carbocycles. The highest BCUT2D eigenvalue weighted by atomic mass is 17.8. The average Bonchev–Trinajstić information content (AvgIpc) is 2.82. The molecular weight excluding hydrogens is 466 g/mol. The van der Waals surface area contributed by atoms with E-state index in [4.69, 9.17) is 10.2 Å². The van der Waals surface area contributed by atoms with Gasteiger partial charge in [-0.25, -0.2) is 14.6 Å². The zero-order valence-electron chi connectivity index (χ0n) is 20.8. The molecule has 0 aliphatic rings. The maximum Gasteiger partial charge on any atom is 0.540 e. The Morgan fingerprint density at radius 3 is 1.51 bits per heavy atom. The van der Waals surface area contributed by atoms with Crippen LogP contribution in [0.15, 0.2) is 0 Å². The van der Waals surface area contributed by atoms with Gasteiger partial charge in [0.1, 0.15) is 0 Å². The molecule has 0 saturated carbocycles. The van der Waals surface area contributed by atoms with Crippen LogP contribution in [-0.4, -0.2) is 68.2 Å². The van der Waals surface area contributed by atoms with Crippen LogP contribution in [0.2, 0.25) is 0 Å². The van der Waals surface area contributed by atoms with Crippen LogP contribution >= 0.6 is 0 Å². The summed E-state index contributed by atoms with van der Waals surface area (Å²) in [5, 5.41) is 42.2. The average molecular weight is 512 g/mol. The van der Waals surface area contributed by atoms with Crippen molar-refractivity contribution in [3.8, 4) is 0 Å². The largest absolute Gasteiger partial charge is 0.540 e. The molecule has 208 valence electrons. The maximum atomic E-state index is 10.4. The molecule has 0 unspecified atom stereocenters. The number of hydrogen-bond acceptors (Lipinski definition) is 11. The predicted octanol–water partition coefficient (Wildman–Crippen LogP) is 3.26. The van der Waals surface area contributed by atoms with E-state index in [-0.39, 0.29) is 6.61 Å². The Morgan fingerprint density at radius 2 is 0.971 bits per heavy atom. The number of carboxylic acid groups (broad SMARTS) is 2. The second-order valence-corrected chi connectivity index (χ2v) is 8.08. The number of rotatable bonds is 29. The van der Waals surface area contributed by atoms with Gasteiger partial charge in [-0.05, 0) is 55.3 Å². The number of carboxylic acids is 1. The third-order valence-electron chi connectivity index (χ3n) is 5.02. The molecule has 13 heteroatoms. The summed E-state index contributed by atoms with van der Waals surface area (Å²) in [5.41, 5.74) is 0.